The second-order valence-corrected chi connectivity index (χ2v) is 8.97. The normalized spacial score (nSPS) is 20.4. The molecule has 1 saturated carbocycles. The van der Waals surface area contributed by atoms with Gasteiger partial charge in [0.25, 0.3) is 11.5 Å². The zero-order chi connectivity index (χ0) is 21.0. The van der Waals surface area contributed by atoms with Crippen LogP contribution in [0.3, 0.4) is 0 Å². The third-order valence-corrected chi connectivity index (χ3v) is 6.90. The Bertz CT molecular complexity index is 1520. The number of nitrogens with one attached hydrogen (secondary N) is 1. The summed E-state index contributed by atoms with van der Waals surface area (Å²) < 4.78 is 16.5. The van der Waals surface area contributed by atoms with Gasteiger partial charge < -0.3 is 9.88 Å². The van der Waals surface area contributed by atoms with Crippen LogP contribution < -0.4 is 10.5 Å². The monoisotopic (exact) mass is 435 g/mol. The maximum absolute atomic E-state index is 15.0. The Hall–Kier alpha value is -3.26. The van der Waals surface area contributed by atoms with E-state index in [2.05, 4.69) is 15.2 Å². The Morgan fingerprint density at radius 2 is 2.00 bits per heavy atom. The van der Waals surface area contributed by atoms with Crippen LogP contribution in [-0.2, 0) is 6.42 Å². The third-order valence-electron chi connectivity index (χ3n) is 6.66. The van der Waals surface area contributed by atoms with Gasteiger partial charge in [-0.15, -0.1) is 10.2 Å². The largest absolute Gasteiger partial charge is 0.317 e. The number of halogens is 2. The highest BCUT2D eigenvalue weighted by molar-refractivity contribution is 6.30. The maximum Gasteiger partial charge on any atom is 0.294 e. The Morgan fingerprint density at radius 3 is 2.81 bits per heavy atom. The lowest BCUT2D eigenvalue weighted by molar-refractivity contribution is 0.0993. The number of H-pyrrole nitrogens is 1. The van der Waals surface area contributed by atoms with Crippen molar-refractivity contribution in [3.05, 3.63) is 68.2 Å². The molecule has 2 aromatic heterocycles. The number of fused-ring (bicyclic) bond motifs is 8. The zero-order valence-corrected chi connectivity index (χ0v) is 16.9. The van der Waals surface area contributed by atoms with E-state index in [1.54, 1.807) is 17.0 Å². The summed E-state index contributed by atoms with van der Waals surface area (Å²) in [4.78, 5) is 30.4. The van der Waals surface area contributed by atoms with Gasteiger partial charge in [0.05, 0.1) is 17.1 Å². The summed E-state index contributed by atoms with van der Waals surface area (Å²) in [5.41, 5.74) is 3.92. The van der Waals surface area contributed by atoms with E-state index in [-0.39, 0.29) is 29.3 Å². The lowest BCUT2D eigenvalue weighted by Crippen LogP contribution is -2.23. The summed E-state index contributed by atoms with van der Waals surface area (Å²) in [6, 6.07) is 8.93. The fraction of sp³-hybridized carbons (Fsp3) is 0.273. The minimum absolute atomic E-state index is 0.0634. The quantitative estimate of drug-likeness (QED) is 0.517. The van der Waals surface area contributed by atoms with Gasteiger partial charge in [0.2, 0.25) is 5.65 Å². The number of carbonyl (C=O) groups is 1. The van der Waals surface area contributed by atoms with Crippen LogP contribution in [-0.4, -0.2) is 25.5 Å². The lowest BCUT2D eigenvalue weighted by Gasteiger charge is -2.16. The van der Waals surface area contributed by atoms with Crippen LogP contribution in [0.25, 0.3) is 16.7 Å². The van der Waals surface area contributed by atoms with Crippen molar-refractivity contribution in [2.24, 2.45) is 5.92 Å². The molecule has 2 aliphatic heterocycles. The van der Waals surface area contributed by atoms with E-state index in [1.807, 2.05) is 18.2 Å². The topological polar surface area (TPSA) is 83.4 Å². The van der Waals surface area contributed by atoms with E-state index in [4.69, 9.17) is 11.6 Å². The number of nitrogens with zero attached hydrogens (tertiary/aromatic N) is 4. The van der Waals surface area contributed by atoms with Gasteiger partial charge in [0.1, 0.15) is 0 Å². The number of aromatic nitrogens is 4. The predicted octanol–water partition coefficient (Wildman–Crippen LogP) is 3.90. The summed E-state index contributed by atoms with van der Waals surface area (Å²) in [5, 5.41) is 8.60. The molecule has 1 fully saturated rings. The van der Waals surface area contributed by atoms with E-state index >= 15 is 4.39 Å². The van der Waals surface area contributed by atoms with E-state index in [0.29, 0.717) is 28.0 Å². The highest BCUT2D eigenvalue weighted by Crippen LogP contribution is 2.48. The van der Waals surface area contributed by atoms with E-state index in [0.717, 1.165) is 29.7 Å². The highest BCUT2D eigenvalue weighted by Gasteiger charge is 2.44. The molecule has 1 amide bonds. The first-order valence-electron chi connectivity index (χ1n) is 10.2. The fourth-order valence-corrected chi connectivity index (χ4v) is 5.23. The molecule has 2 atom stereocenters. The first-order valence-corrected chi connectivity index (χ1v) is 10.6. The molecule has 9 heteroatoms. The maximum atomic E-state index is 15.0. The number of rotatable bonds is 2. The minimum Gasteiger partial charge on any atom is -0.317 e. The molecular weight excluding hydrogens is 421 g/mol. The summed E-state index contributed by atoms with van der Waals surface area (Å²) in [6.07, 6.45) is 0.984. The van der Waals surface area contributed by atoms with Gasteiger partial charge in [0, 0.05) is 16.3 Å². The first-order chi connectivity index (χ1) is 15.0. The summed E-state index contributed by atoms with van der Waals surface area (Å²) >= 11 is 6.15. The Kier molecular flexibility index (Phi) is 3.20. The predicted molar refractivity (Wildman–Crippen MR) is 112 cm³/mol. The minimum atomic E-state index is -1.27. The van der Waals surface area contributed by atoms with E-state index in [9.17, 15) is 9.59 Å². The van der Waals surface area contributed by atoms with Crippen molar-refractivity contribution < 1.29 is 9.18 Å². The Balaban J connectivity index is 1.48. The number of hydrogen-bond acceptors (Lipinski definition) is 4. The number of carbonyl (C=O) groups excluding carboxylic acids is 1. The molecular formula is C22H15ClFN5O2. The Labute approximate surface area is 179 Å². The van der Waals surface area contributed by atoms with Crippen LogP contribution in [0.4, 0.5) is 10.1 Å². The van der Waals surface area contributed by atoms with Gasteiger partial charge in [-0.1, -0.05) is 11.6 Å². The molecule has 0 radical (unpaired) electrons. The smallest absolute Gasteiger partial charge is 0.294 e. The average Bonchev–Trinajstić information content (AvgIpc) is 3.31. The van der Waals surface area contributed by atoms with Crippen LogP contribution in [0.15, 0.2) is 35.1 Å². The van der Waals surface area contributed by atoms with Crippen molar-refractivity contribution in [3.8, 4) is 0 Å². The zero-order valence-electron chi connectivity index (χ0n) is 16.1. The molecule has 7 nitrogen and oxygen atoms in total. The van der Waals surface area contributed by atoms with Crippen molar-refractivity contribution in [1.82, 2.24) is 19.6 Å². The van der Waals surface area contributed by atoms with Crippen molar-refractivity contribution >= 4 is 39.9 Å². The number of aromatic amines is 1. The lowest BCUT2D eigenvalue weighted by atomic mass is 9.99. The van der Waals surface area contributed by atoms with Crippen LogP contribution in [0.5, 0.6) is 0 Å². The third kappa shape index (κ3) is 2.23. The fourth-order valence-electron chi connectivity index (χ4n) is 5.04. The van der Waals surface area contributed by atoms with Gasteiger partial charge >= 0.3 is 0 Å². The molecule has 4 heterocycles. The van der Waals surface area contributed by atoms with E-state index in [1.165, 1.54) is 4.40 Å². The van der Waals surface area contributed by atoms with Gasteiger partial charge in [-0.25, -0.2) is 4.39 Å². The van der Waals surface area contributed by atoms with E-state index < -0.39 is 11.7 Å². The SMILES string of the molecule is O=C1c2cc3[nH]c(=O)c4nnc(C(F)C5CC5)n4c3cc2C2Cc3cc(Cl)ccc3N12. The number of anilines is 1. The number of alkyl halides is 1. The molecule has 154 valence electrons. The molecule has 4 aromatic rings. The molecule has 0 saturated heterocycles. The molecule has 0 bridgehead atoms. The van der Waals surface area contributed by atoms with Crippen LogP contribution >= 0.6 is 11.6 Å². The summed E-state index contributed by atoms with van der Waals surface area (Å²) in [5.74, 6) is -0.0484. The number of amides is 1. The molecule has 31 heavy (non-hydrogen) atoms. The molecule has 2 aromatic carbocycles. The second-order valence-electron chi connectivity index (χ2n) is 8.54. The average molecular weight is 436 g/mol. The molecule has 2 unspecified atom stereocenters. The van der Waals surface area contributed by atoms with Crippen LogP contribution in [0.2, 0.25) is 5.02 Å². The Morgan fingerprint density at radius 1 is 1.16 bits per heavy atom. The molecule has 1 aliphatic carbocycles. The van der Waals surface area contributed by atoms with Gasteiger partial charge in [0.15, 0.2) is 12.0 Å². The standard InChI is InChI=1S/C22H15ClFN5O2/c23-11-3-4-15-10(5-11)6-16-12-8-17-14(7-13(12)22(31)28(15)16)25-21(30)20-27-26-19(29(17)20)18(24)9-1-2-9/h3-5,7-9,16,18H,1-2,6H2,(H,25,30). The first kappa shape index (κ1) is 17.4. The van der Waals surface area contributed by atoms with Crippen molar-refractivity contribution in [1.29, 1.82) is 0 Å². The second kappa shape index (κ2) is 5.70. The van der Waals surface area contributed by atoms with Crippen molar-refractivity contribution in [2.45, 2.75) is 31.5 Å². The summed E-state index contributed by atoms with van der Waals surface area (Å²) in [7, 11) is 0. The van der Waals surface area contributed by atoms with Crippen LogP contribution in [0, 0.1) is 5.92 Å². The van der Waals surface area contributed by atoms with Gasteiger partial charge in [-0.05, 0) is 66.6 Å². The highest BCUT2D eigenvalue weighted by atomic mass is 35.5. The molecule has 7 rings (SSSR count). The number of hydrogen-bond donors (Lipinski definition) is 1. The van der Waals surface area contributed by atoms with Gasteiger partial charge in [-0.3, -0.25) is 14.0 Å². The van der Waals surface area contributed by atoms with Gasteiger partial charge in [-0.2, -0.15) is 0 Å². The van der Waals surface area contributed by atoms with Crippen LogP contribution in [0.1, 0.15) is 52.4 Å². The molecule has 3 aliphatic rings. The molecule has 0 spiro atoms. The molecule has 1 N–H and O–H groups in total. The van der Waals surface area contributed by atoms with Crippen molar-refractivity contribution in [2.75, 3.05) is 4.90 Å². The summed E-state index contributed by atoms with van der Waals surface area (Å²) in [6.45, 7) is 0. The van der Waals surface area contributed by atoms with Crippen molar-refractivity contribution in [3.63, 3.8) is 0 Å². The number of benzene rings is 2.